The monoisotopic (exact) mass is 400 g/mol. The molecule has 2 aromatic carbocycles. The van der Waals surface area contributed by atoms with Crippen LogP contribution < -0.4 is 10.6 Å². The van der Waals surface area contributed by atoms with E-state index in [9.17, 15) is 13.2 Å². The van der Waals surface area contributed by atoms with E-state index in [0.29, 0.717) is 21.3 Å². The third-order valence-corrected chi connectivity index (χ3v) is 4.81. The Hall–Kier alpha value is -1.76. The van der Waals surface area contributed by atoms with Gasteiger partial charge in [-0.15, -0.1) is 0 Å². The summed E-state index contributed by atoms with van der Waals surface area (Å²) in [5.41, 5.74) is 1.86. The first-order valence-corrected chi connectivity index (χ1v) is 10.2. The number of urea groups is 1. The van der Waals surface area contributed by atoms with E-state index >= 15 is 0 Å². The van der Waals surface area contributed by atoms with Crippen molar-refractivity contribution in [1.29, 1.82) is 0 Å². The van der Waals surface area contributed by atoms with E-state index in [4.69, 9.17) is 23.2 Å². The summed E-state index contributed by atoms with van der Waals surface area (Å²) in [6.45, 7) is 1.80. The molecule has 0 aliphatic heterocycles. The number of nitrogens with one attached hydrogen (secondary N) is 2. The van der Waals surface area contributed by atoms with Gasteiger partial charge in [-0.3, -0.25) is 0 Å². The van der Waals surface area contributed by atoms with Crippen LogP contribution in [-0.4, -0.2) is 20.7 Å². The van der Waals surface area contributed by atoms with Crippen LogP contribution in [0.5, 0.6) is 0 Å². The van der Waals surface area contributed by atoms with Crippen molar-refractivity contribution in [1.82, 2.24) is 5.32 Å². The minimum Gasteiger partial charge on any atom is -0.331 e. The number of halogens is 2. The number of carbonyl (C=O) groups excluding carboxylic acids is 1. The molecular formula is C17H18Cl2N2O3S. The van der Waals surface area contributed by atoms with Crippen LogP contribution in [0, 0.1) is 0 Å². The summed E-state index contributed by atoms with van der Waals surface area (Å²) in [5, 5.41) is 6.45. The smallest absolute Gasteiger partial charge is 0.319 e. The van der Waals surface area contributed by atoms with Crippen molar-refractivity contribution in [3.63, 3.8) is 0 Å². The fraction of sp³-hybridized carbons (Fsp3) is 0.235. The molecule has 5 nitrogen and oxygen atoms in total. The zero-order valence-corrected chi connectivity index (χ0v) is 16.0. The number of carbonyl (C=O) groups is 1. The maximum absolute atomic E-state index is 12.2. The second-order valence-corrected chi connectivity index (χ2v) is 8.74. The summed E-state index contributed by atoms with van der Waals surface area (Å²) in [6, 6.07) is 11.0. The summed E-state index contributed by atoms with van der Waals surface area (Å²) in [7, 11) is -3.14. The van der Waals surface area contributed by atoms with Gasteiger partial charge in [-0.2, -0.15) is 0 Å². The lowest BCUT2D eigenvalue weighted by Gasteiger charge is -2.16. The summed E-state index contributed by atoms with van der Waals surface area (Å²) in [5.74, 6) is -0.0824. The largest absolute Gasteiger partial charge is 0.331 e. The third kappa shape index (κ3) is 6.23. The predicted octanol–water partition coefficient (Wildman–Crippen LogP) is 4.42. The van der Waals surface area contributed by atoms with Gasteiger partial charge in [-0.1, -0.05) is 41.4 Å². The maximum Gasteiger partial charge on any atom is 0.319 e. The van der Waals surface area contributed by atoms with Crippen molar-refractivity contribution >= 4 is 44.8 Å². The van der Waals surface area contributed by atoms with Crippen molar-refractivity contribution < 1.29 is 13.2 Å². The quantitative estimate of drug-likeness (QED) is 0.779. The van der Waals surface area contributed by atoms with E-state index in [-0.39, 0.29) is 11.8 Å². The Balaban J connectivity index is 2.03. The number of hydrogen-bond donors (Lipinski definition) is 2. The molecule has 2 rings (SSSR count). The lowest BCUT2D eigenvalue weighted by molar-refractivity contribution is 0.249. The second kappa shape index (κ2) is 8.08. The van der Waals surface area contributed by atoms with Crippen molar-refractivity contribution in [2.45, 2.75) is 18.7 Å². The number of amides is 2. The highest BCUT2D eigenvalue weighted by molar-refractivity contribution is 7.89. The minimum absolute atomic E-state index is 0.0824. The molecule has 134 valence electrons. The number of hydrogen-bond acceptors (Lipinski definition) is 3. The molecule has 0 fully saturated rings. The van der Waals surface area contributed by atoms with Gasteiger partial charge in [0.05, 0.1) is 11.8 Å². The van der Waals surface area contributed by atoms with Gasteiger partial charge in [-0.25, -0.2) is 13.2 Å². The molecule has 2 aromatic rings. The summed E-state index contributed by atoms with van der Waals surface area (Å²) < 4.78 is 22.7. The van der Waals surface area contributed by atoms with Crippen LogP contribution in [0.4, 0.5) is 10.5 Å². The highest BCUT2D eigenvalue weighted by Gasteiger charge is 2.13. The zero-order chi connectivity index (χ0) is 18.6. The molecule has 0 radical (unpaired) electrons. The maximum atomic E-state index is 12.2. The van der Waals surface area contributed by atoms with Crippen molar-refractivity contribution in [3.8, 4) is 0 Å². The molecule has 0 saturated carbocycles. The molecule has 1 unspecified atom stereocenters. The molecule has 2 N–H and O–H groups in total. The van der Waals surface area contributed by atoms with Crippen LogP contribution in [0.25, 0.3) is 0 Å². The summed E-state index contributed by atoms with van der Waals surface area (Å²) in [6.07, 6.45) is 1.16. The van der Waals surface area contributed by atoms with Gasteiger partial charge >= 0.3 is 6.03 Å². The second-order valence-electron chi connectivity index (χ2n) is 5.76. The standard InChI is InChI=1S/C17H18Cl2N2O3S/c1-11(15-7-6-13(18)9-16(15)19)20-17(22)21-14-5-3-4-12(8-14)10-25(2,23)24/h3-9,11H,10H2,1-2H3,(H2,20,21,22). The Kier molecular flexibility index (Phi) is 6.32. The SMILES string of the molecule is CC(NC(=O)Nc1cccc(CS(C)(=O)=O)c1)c1ccc(Cl)cc1Cl. The molecular weight excluding hydrogens is 383 g/mol. The molecule has 8 heteroatoms. The number of rotatable bonds is 5. The van der Waals surface area contributed by atoms with Crippen LogP contribution in [0.15, 0.2) is 42.5 Å². The Bertz CT molecular complexity index is 885. The minimum atomic E-state index is -3.14. The molecule has 0 saturated heterocycles. The summed E-state index contributed by atoms with van der Waals surface area (Å²) in [4.78, 5) is 12.2. The highest BCUT2D eigenvalue weighted by Crippen LogP contribution is 2.26. The molecule has 0 heterocycles. The zero-order valence-electron chi connectivity index (χ0n) is 13.7. The number of sulfone groups is 1. The van der Waals surface area contributed by atoms with Gasteiger partial charge in [0.1, 0.15) is 0 Å². The van der Waals surface area contributed by atoms with E-state index in [1.54, 1.807) is 49.4 Å². The van der Waals surface area contributed by atoms with Crippen LogP contribution in [0.3, 0.4) is 0 Å². The van der Waals surface area contributed by atoms with E-state index in [1.807, 2.05) is 0 Å². The Labute approximate surface area is 157 Å². The predicted molar refractivity (Wildman–Crippen MR) is 102 cm³/mol. The van der Waals surface area contributed by atoms with Gasteiger partial charge in [0.25, 0.3) is 0 Å². The molecule has 0 aromatic heterocycles. The highest BCUT2D eigenvalue weighted by atomic mass is 35.5. The van der Waals surface area contributed by atoms with Crippen LogP contribution in [-0.2, 0) is 15.6 Å². The lowest BCUT2D eigenvalue weighted by atomic mass is 10.1. The molecule has 0 spiro atoms. The fourth-order valence-corrected chi connectivity index (χ4v) is 3.69. The lowest BCUT2D eigenvalue weighted by Crippen LogP contribution is -2.31. The van der Waals surface area contributed by atoms with Crippen molar-refractivity contribution in [2.24, 2.45) is 0 Å². The first kappa shape index (κ1) is 19.6. The normalized spacial score (nSPS) is 12.5. The van der Waals surface area contributed by atoms with E-state index in [0.717, 1.165) is 11.8 Å². The number of anilines is 1. The van der Waals surface area contributed by atoms with Gasteiger partial charge in [-0.05, 0) is 42.3 Å². The van der Waals surface area contributed by atoms with Crippen LogP contribution in [0.1, 0.15) is 24.1 Å². The molecule has 2 amide bonds. The van der Waals surface area contributed by atoms with Crippen molar-refractivity contribution in [3.05, 3.63) is 63.6 Å². The van der Waals surface area contributed by atoms with E-state index in [2.05, 4.69) is 10.6 Å². The average molecular weight is 401 g/mol. The molecule has 1 atom stereocenters. The molecule has 0 aliphatic carbocycles. The van der Waals surface area contributed by atoms with Crippen LogP contribution in [0.2, 0.25) is 10.0 Å². The molecule has 25 heavy (non-hydrogen) atoms. The van der Waals surface area contributed by atoms with Crippen molar-refractivity contribution in [2.75, 3.05) is 11.6 Å². The van der Waals surface area contributed by atoms with Crippen LogP contribution >= 0.6 is 23.2 Å². The van der Waals surface area contributed by atoms with E-state index < -0.39 is 15.9 Å². The first-order valence-electron chi connectivity index (χ1n) is 7.43. The van der Waals surface area contributed by atoms with E-state index in [1.165, 1.54) is 0 Å². The first-order chi connectivity index (χ1) is 11.6. The Morgan fingerprint density at radius 1 is 1.16 bits per heavy atom. The van der Waals surface area contributed by atoms with Gasteiger partial charge < -0.3 is 10.6 Å². The van der Waals surface area contributed by atoms with Gasteiger partial charge in [0.15, 0.2) is 9.84 Å². The molecule has 0 aliphatic rings. The third-order valence-electron chi connectivity index (χ3n) is 3.39. The fourth-order valence-electron chi connectivity index (χ4n) is 2.34. The summed E-state index contributed by atoms with van der Waals surface area (Å²) >= 11 is 12.0. The van der Waals surface area contributed by atoms with Gasteiger partial charge in [0.2, 0.25) is 0 Å². The average Bonchev–Trinajstić information content (AvgIpc) is 2.45. The molecule has 0 bridgehead atoms. The Morgan fingerprint density at radius 3 is 2.52 bits per heavy atom. The Morgan fingerprint density at radius 2 is 1.88 bits per heavy atom. The topological polar surface area (TPSA) is 75.3 Å². The van der Waals surface area contributed by atoms with Gasteiger partial charge in [0, 0.05) is 22.0 Å². The number of benzene rings is 2.